The normalized spacial score (nSPS) is 28.8. The first kappa shape index (κ1) is 16.3. The van der Waals surface area contributed by atoms with Crippen molar-refractivity contribution < 1.29 is 14.5 Å². The van der Waals surface area contributed by atoms with Gasteiger partial charge in [0.15, 0.2) is 6.54 Å². The maximum atomic E-state index is 11.9. The number of nitrogens with one attached hydrogen (secondary N) is 3. The van der Waals surface area contributed by atoms with Gasteiger partial charge in [0.05, 0.1) is 19.6 Å². The molecule has 2 rings (SSSR count). The van der Waals surface area contributed by atoms with Crippen molar-refractivity contribution in [2.45, 2.75) is 52.0 Å². The quantitative estimate of drug-likeness (QED) is 0.653. The van der Waals surface area contributed by atoms with Crippen LogP contribution in [-0.2, 0) is 9.59 Å². The maximum absolute atomic E-state index is 11.9. The van der Waals surface area contributed by atoms with Gasteiger partial charge in [-0.25, -0.2) is 0 Å². The molecule has 2 fully saturated rings. The monoisotopic (exact) mass is 296 g/mol. The lowest BCUT2D eigenvalue weighted by Gasteiger charge is -2.38. The second-order valence-electron chi connectivity index (χ2n) is 6.97. The van der Waals surface area contributed by atoms with Crippen LogP contribution in [0.15, 0.2) is 0 Å². The van der Waals surface area contributed by atoms with Crippen molar-refractivity contribution in [3.8, 4) is 0 Å². The first-order chi connectivity index (χ1) is 10.0. The van der Waals surface area contributed by atoms with Crippen molar-refractivity contribution >= 4 is 11.8 Å². The summed E-state index contributed by atoms with van der Waals surface area (Å²) in [6, 6.07) is 0.116. The van der Waals surface area contributed by atoms with Crippen molar-refractivity contribution in [2.75, 3.05) is 26.2 Å². The van der Waals surface area contributed by atoms with Gasteiger partial charge >= 0.3 is 0 Å². The van der Waals surface area contributed by atoms with Crippen LogP contribution >= 0.6 is 0 Å². The van der Waals surface area contributed by atoms with Crippen LogP contribution in [0.4, 0.5) is 0 Å². The van der Waals surface area contributed by atoms with Gasteiger partial charge in [0.2, 0.25) is 5.91 Å². The lowest BCUT2D eigenvalue weighted by molar-refractivity contribution is -0.902. The number of piperidine rings is 1. The van der Waals surface area contributed by atoms with Gasteiger partial charge in [-0.1, -0.05) is 12.8 Å². The molecule has 5 heteroatoms. The standard InChI is InChI=1S/C16H29N3O2/c1-12(2)18-15(20)9-17-16(21)11-19-8-7-13-5-3-4-6-14(13)10-19/h12-14H,3-11H2,1-2H3,(H,17,21)(H,18,20)/p+1/t13-,14+/m0/s1. The summed E-state index contributed by atoms with van der Waals surface area (Å²) in [7, 11) is 0. The number of hydrogen-bond acceptors (Lipinski definition) is 2. The summed E-state index contributed by atoms with van der Waals surface area (Å²) >= 11 is 0. The molecule has 0 aromatic carbocycles. The zero-order valence-corrected chi connectivity index (χ0v) is 13.4. The third kappa shape index (κ3) is 5.30. The van der Waals surface area contributed by atoms with Gasteiger partial charge in [0.25, 0.3) is 5.91 Å². The Kier molecular flexibility index (Phi) is 6.03. The highest BCUT2D eigenvalue weighted by atomic mass is 16.2. The predicted molar refractivity (Wildman–Crippen MR) is 81.9 cm³/mol. The molecule has 2 aliphatic rings. The van der Waals surface area contributed by atoms with Crippen LogP contribution in [-0.4, -0.2) is 44.0 Å². The number of quaternary nitrogens is 1. The molecule has 1 aliphatic heterocycles. The van der Waals surface area contributed by atoms with E-state index in [1.807, 2.05) is 13.8 Å². The third-order valence-corrected chi connectivity index (χ3v) is 4.79. The molecule has 0 radical (unpaired) electrons. The molecule has 1 saturated heterocycles. The maximum Gasteiger partial charge on any atom is 0.275 e. The van der Waals surface area contributed by atoms with Crippen LogP contribution in [0.25, 0.3) is 0 Å². The second kappa shape index (κ2) is 7.78. The van der Waals surface area contributed by atoms with Crippen molar-refractivity contribution in [1.29, 1.82) is 0 Å². The topological polar surface area (TPSA) is 62.6 Å². The van der Waals surface area contributed by atoms with Crippen LogP contribution in [0.1, 0.15) is 46.0 Å². The average Bonchev–Trinajstić information content (AvgIpc) is 2.44. The second-order valence-corrected chi connectivity index (χ2v) is 6.97. The van der Waals surface area contributed by atoms with Crippen LogP contribution in [0, 0.1) is 11.8 Å². The Morgan fingerprint density at radius 3 is 2.52 bits per heavy atom. The van der Waals surface area contributed by atoms with Gasteiger partial charge in [-0.15, -0.1) is 0 Å². The van der Waals surface area contributed by atoms with Gasteiger partial charge in [-0.2, -0.15) is 0 Å². The number of amides is 2. The molecule has 1 aliphatic carbocycles. The summed E-state index contributed by atoms with van der Waals surface area (Å²) < 4.78 is 0. The Labute approximate surface area is 127 Å². The van der Waals surface area contributed by atoms with E-state index in [4.69, 9.17) is 0 Å². The first-order valence-corrected chi connectivity index (χ1v) is 8.44. The van der Waals surface area contributed by atoms with E-state index < -0.39 is 0 Å². The van der Waals surface area contributed by atoms with Crippen molar-refractivity contribution in [2.24, 2.45) is 11.8 Å². The number of carbonyl (C=O) groups is 2. The molecule has 1 unspecified atom stereocenters. The van der Waals surface area contributed by atoms with Crippen LogP contribution in [0.3, 0.4) is 0 Å². The molecular weight excluding hydrogens is 266 g/mol. The Hall–Kier alpha value is -1.10. The van der Waals surface area contributed by atoms with Crippen molar-refractivity contribution in [1.82, 2.24) is 10.6 Å². The zero-order chi connectivity index (χ0) is 15.2. The van der Waals surface area contributed by atoms with E-state index >= 15 is 0 Å². The zero-order valence-electron chi connectivity index (χ0n) is 13.4. The molecule has 2 amide bonds. The van der Waals surface area contributed by atoms with Gasteiger partial charge in [-0.3, -0.25) is 9.59 Å². The highest BCUT2D eigenvalue weighted by molar-refractivity contribution is 5.85. The van der Waals surface area contributed by atoms with Gasteiger partial charge in [0.1, 0.15) is 0 Å². The van der Waals surface area contributed by atoms with E-state index in [0.717, 1.165) is 24.9 Å². The number of hydrogen-bond donors (Lipinski definition) is 3. The number of carbonyl (C=O) groups excluding carboxylic acids is 2. The highest BCUT2D eigenvalue weighted by Crippen LogP contribution is 2.32. The predicted octanol–water partition coefficient (Wildman–Crippen LogP) is -0.278. The van der Waals surface area contributed by atoms with E-state index in [-0.39, 0.29) is 24.4 Å². The Morgan fingerprint density at radius 1 is 1.10 bits per heavy atom. The molecule has 1 saturated carbocycles. The molecule has 1 heterocycles. The van der Waals surface area contributed by atoms with Crippen LogP contribution in [0.2, 0.25) is 0 Å². The van der Waals surface area contributed by atoms with E-state index in [1.54, 1.807) is 0 Å². The molecule has 3 atom stereocenters. The molecule has 5 nitrogen and oxygen atoms in total. The van der Waals surface area contributed by atoms with Crippen LogP contribution < -0.4 is 15.5 Å². The number of rotatable bonds is 5. The van der Waals surface area contributed by atoms with E-state index in [9.17, 15) is 9.59 Å². The van der Waals surface area contributed by atoms with Gasteiger partial charge in [0, 0.05) is 12.0 Å². The Morgan fingerprint density at radius 2 is 1.81 bits per heavy atom. The third-order valence-electron chi connectivity index (χ3n) is 4.79. The summed E-state index contributed by atoms with van der Waals surface area (Å²) in [5.41, 5.74) is 0. The molecule has 0 bridgehead atoms. The molecule has 120 valence electrons. The molecule has 21 heavy (non-hydrogen) atoms. The summed E-state index contributed by atoms with van der Waals surface area (Å²) in [4.78, 5) is 24.8. The molecule has 0 spiro atoms. The van der Waals surface area contributed by atoms with Gasteiger partial charge < -0.3 is 15.5 Å². The lowest BCUT2D eigenvalue weighted by atomic mass is 9.75. The highest BCUT2D eigenvalue weighted by Gasteiger charge is 2.34. The lowest BCUT2D eigenvalue weighted by Crippen LogP contribution is -3.15. The fraction of sp³-hybridized carbons (Fsp3) is 0.875. The Bertz CT molecular complexity index is 371. The summed E-state index contributed by atoms with van der Waals surface area (Å²) in [6.45, 7) is 6.67. The summed E-state index contributed by atoms with van der Waals surface area (Å²) in [6.07, 6.45) is 6.74. The molecular formula is C16H30N3O2+. The average molecular weight is 296 g/mol. The molecule has 0 aromatic heterocycles. The minimum atomic E-state index is -0.112. The molecule has 3 N–H and O–H groups in total. The van der Waals surface area contributed by atoms with E-state index in [2.05, 4.69) is 10.6 Å². The fourth-order valence-corrected chi connectivity index (χ4v) is 3.80. The molecule has 0 aromatic rings. The van der Waals surface area contributed by atoms with Gasteiger partial charge in [-0.05, 0) is 39.0 Å². The first-order valence-electron chi connectivity index (χ1n) is 8.44. The minimum Gasteiger partial charge on any atom is -0.352 e. The van der Waals surface area contributed by atoms with Crippen LogP contribution in [0.5, 0.6) is 0 Å². The Balaban J connectivity index is 1.67. The summed E-state index contributed by atoms with van der Waals surface area (Å²) in [5.74, 6) is 1.61. The summed E-state index contributed by atoms with van der Waals surface area (Å²) in [5, 5.41) is 5.51. The SMILES string of the molecule is CC(C)NC(=O)CNC(=O)C[NH+]1CC[C@@H]2CCCC[C@@H]2C1. The van der Waals surface area contributed by atoms with E-state index in [0.29, 0.717) is 6.54 Å². The van der Waals surface area contributed by atoms with Crippen molar-refractivity contribution in [3.63, 3.8) is 0 Å². The largest absolute Gasteiger partial charge is 0.352 e. The van der Waals surface area contributed by atoms with Crippen molar-refractivity contribution in [3.05, 3.63) is 0 Å². The number of fused-ring (bicyclic) bond motifs is 1. The van der Waals surface area contributed by atoms with E-state index in [1.165, 1.54) is 37.0 Å². The minimum absolute atomic E-state index is 0.00170. The smallest absolute Gasteiger partial charge is 0.275 e. The fourth-order valence-electron chi connectivity index (χ4n) is 3.80. The number of likely N-dealkylation sites (tertiary alicyclic amines) is 1.